The zero-order valence-corrected chi connectivity index (χ0v) is 14.8. The molecule has 0 atom stereocenters. The number of hydrogen-bond donors (Lipinski definition) is 1. The molecule has 0 aliphatic carbocycles. The molecule has 4 rings (SSSR count). The monoisotopic (exact) mass is 361 g/mol. The Balaban J connectivity index is 1.40. The van der Waals surface area contributed by atoms with Gasteiger partial charge >= 0.3 is 0 Å². The number of hydrogen-bond acceptors (Lipinski definition) is 5. The number of anilines is 1. The van der Waals surface area contributed by atoms with Crippen LogP contribution in [-0.2, 0) is 16.0 Å². The van der Waals surface area contributed by atoms with E-state index in [1.807, 2.05) is 6.07 Å². The molecular weight excluding hydrogens is 342 g/mol. The molecule has 27 heavy (non-hydrogen) atoms. The van der Waals surface area contributed by atoms with Crippen LogP contribution in [0, 0.1) is 0 Å². The lowest BCUT2D eigenvalue weighted by atomic mass is 10.0. The molecule has 7 heteroatoms. The summed E-state index contributed by atoms with van der Waals surface area (Å²) in [5.41, 5.74) is 4.03. The quantitative estimate of drug-likeness (QED) is 0.846. The molecule has 1 N–H and O–H groups in total. The molecule has 4 heterocycles. The van der Waals surface area contributed by atoms with Crippen molar-refractivity contribution in [3.8, 4) is 0 Å². The first kappa shape index (κ1) is 17.1. The van der Waals surface area contributed by atoms with Crippen molar-refractivity contribution in [3.63, 3.8) is 0 Å². The van der Waals surface area contributed by atoms with E-state index in [2.05, 4.69) is 26.3 Å². The number of aryl methyl sites for hydroxylation is 1. The van der Waals surface area contributed by atoms with Crippen LogP contribution in [0.5, 0.6) is 0 Å². The molecule has 0 fully saturated rings. The lowest BCUT2D eigenvalue weighted by Gasteiger charge is -2.25. The average Bonchev–Trinajstić information content (AvgIpc) is 2.72. The van der Waals surface area contributed by atoms with Gasteiger partial charge in [-0.3, -0.25) is 9.59 Å². The first-order valence-corrected chi connectivity index (χ1v) is 8.89. The van der Waals surface area contributed by atoms with Gasteiger partial charge in [-0.15, -0.1) is 0 Å². The van der Waals surface area contributed by atoms with Gasteiger partial charge in [0.25, 0.3) is 0 Å². The Morgan fingerprint density at radius 3 is 2.78 bits per heavy atom. The maximum absolute atomic E-state index is 12.5. The van der Waals surface area contributed by atoms with E-state index in [0.717, 1.165) is 23.1 Å². The molecule has 0 unspecified atom stereocenters. The Kier molecular flexibility index (Phi) is 4.74. The second-order valence-corrected chi connectivity index (χ2v) is 6.55. The maximum atomic E-state index is 12.5. The van der Waals surface area contributed by atoms with E-state index >= 15 is 0 Å². The van der Waals surface area contributed by atoms with Crippen LogP contribution in [0.25, 0.3) is 11.6 Å². The van der Waals surface area contributed by atoms with Crippen molar-refractivity contribution in [3.05, 3.63) is 59.8 Å². The third-order valence-corrected chi connectivity index (χ3v) is 4.74. The van der Waals surface area contributed by atoms with Gasteiger partial charge in [-0.1, -0.05) is 6.08 Å². The van der Waals surface area contributed by atoms with Crippen LogP contribution in [0.4, 0.5) is 5.82 Å². The topological polar surface area (TPSA) is 88.1 Å². The number of pyridine rings is 1. The molecule has 0 bridgehead atoms. The van der Waals surface area contributed by atoms with E-state index in [4.69, 9.17) is 0 Å². The first-order chi connectivity index (χ1) is 13.2. The van der Waals surface area contributed by atoms with Crippen LogP contribution >= 0.6 is 0 Å². The van der Waals surface area contributed by atoms with Gasteiger partial charge in [-0.05, 0) is 41.7 Å². The third-order valence-electron chi connectivity index (χ3n) is 4.74. The normalized spacial score (nSPS) is 16.7. The van der Waals surface area contributed by atoms with Crippen molar-refractivity contribution >= 4 is 29.3 Å². The van der Waals surface area contributed by atoms with E-state index in [-0.39, 0.29) is 11.8 Å². The summed E-state index contributed by atoms with van der Waals surface area (Å²) in [5.74, 6) is 0.585. The molecule has 2 aliphatic rings. The number of rotatable bonds is 3. The predicted molar refractivity (Wildman–Crippen MR) is 101 cm³/mol. The zero-order chi connectivity index (χ0) is 18.6. The molecule has 2 aliphatic heterocycles. The van der Waals surface area contributed by atoms with Crippen molar-refractivity contribution in [1.82, 2.24) is 19.9 Å². The predicted octanol–water partition coefficient (Wildman–Crippen LogP) is 2.09. The second-order valence-electron chi connectivity index (χ2n) is 6.55. The van der Waals surface area contributed by atoms with Crippen molar-refractivity contribution in [2.24, 2.45) is 0 Å². The summed E-state index contributed by atoms with van der Waals surface area (Å²) in [4.78, 5) is 38.0. The molecule has 2 amide bonds. The van der Waals surface area contributed by atoms with Gasteiger partial charge in [0.1, 0.15) is 12.1 Å². The number of carbonyl (C=O) groups excluding carboxylic acids is 2. The highest BCUT2D eigenvalue weighted by Crippen LogP contribution is 2.22. The fourth-order valence-corrected chi connectivity index (χ4v) is 3.24. The summed E-state index contributed by atoms with van der Waals surface area (Å²) in [5, 5.41) is 2.76. The zero-order valence-electron chi connectivity index (χ0n) is 14.8. The van der Waals surface area contributed by atoms with Crippen LogP contribution in [0.15, 0.2) is 43.1 Å². The molecule has 0 radical (unpaired) electrons. The van der Waals surface area contributed by atoms with Crippen LogP contribution in [-0.4, -0.2) is 44.8 Å². The summed E-state index contributed by atoms with van der Waals surface area (Å²) >= 11 is 0. The van der Waals surface area contributed by atoms with Gasteiger partial charge in [-0.2, -0.15) is 0 Å². The Labute approximate surface area is 156 Å². The lowest BCUT2D eigenvalue weighted by molar-refractivity contribution is -0.125. The van der Waals surface area contributed by atoms with E-state index in [1.165, 1.54) is 11.9 Å². The van der Waals surface area contributed by atoms with E-state index < -0.39 is 0 Å². The molecule has 7 nitrogen and oxygen atoms in total. The summed E-state index contributed by atoms with van der Waals surface area (Å²) in [6.45, 7) is 1.24. The first-order valence-electron chi connectivity index (χ1n) is 8.89. The van der Waals surface area contributed by atoms with Crippen molar-refractivity contribution in [2.45, 2.75) is 19.3 Å². The minimum atomic E-state index is -0.0272. The summed E-state index contributed by atoms with van der Waals surface area (Å²) in [7, 11) is 0. The van der Waals surface area contributed by atoms with Crippen LogP contribution in [0.1, 0.15) is 29.5 Å². The van der Waals surface area contributed by atoms with Gasteiger partial charge < -0.3 is 10.2 Å². The Morgan fingerprint density at radius 2 is 2.00 bits per heavy atom. The minimum Gasteiger partial charge on any atom is -0.335 e. The molecule has 0 saturated heterocycles. The van der Waals surface area contributed by atoms with Crippen LogP contribution in [0.2, 0.25) is 0 Å². The van der Waals surface area contributed by atoms with Crippen LogP contribution < -0.4 is 5.32 Å². The SMILES string of the molecule is O=C1CCc2cc(/C=C/C(=O)N3CC=C(c4cncnc4)CC3)cnc2N1. The molecule has 0 aromatic carbocycles. The average molecular weight is 361 g/mol. The maximum Gasteiger partial charge on any atom is 0.246 e. The highest BCUT2D eigenvalue weighted by molar-refractivity contribution is 5.94. The van der Waals surface area contributed by atoms with E-state index in [1.54, 1.807) is 35.6 Å². The van der Waals surface area contributed by atoms with Gasteiger partial charge in [0.2, 0.25) is 11.8 Å². The number of carbonyl (C=O) groups is 2. The number of aromatic nitrogens is 3. The highest BCUT2D eigenvalue weighted by atomic mass is 16.2. The highest BCUT2D eigenvalue weighted by Gasteiger charge is 2.17. The fraction of sp³-hybridized carbons (Fsp3) is 0.250. The lowest BCUT2D eigenvalue weighted by Crippen LogP contribution is -2.33. The molecule has 0 spiro atoms. The number of fused-ring (bicyclic) bond motifs is 1. The third kappa shape index (κ3) is 3.92. The Morgan fingerprint density at radius 1 is 1.15 bits per heavy atom. The van der Waals surface area contributed by atoms with E-state index in [0.29, 0.717) is 31.7 Å². The minimum absolute atomic E-state index is 0.00643. The number of nitrogens with zero attached hydrogens (tertiary/aromatic N) is 4. The van der Waals surface area contributed by atoms with Gasteiger partial charge in [0.05, 0.1) is 0 Å². The summed E-state index contributed by atoms with van der Waals surface area (Å²) in [6, 6.07) is 1.97. The van der Waals surface area contributed by atoms with Crippen molar-refractivity contribution in [1.29, 1.82) is 0 Å². The van der Waals surface area contributed by atoms with Crippen LogP contribution in [0.3, 0.4) is 0 Å². The second kappa shape index (κ2) is 7.49. The summed E-state index contributed by atoms with van der Waals surface area (Å²) < 4.78 is 0. The molecule has 2 aromatic rings. The van der Waals surface area contributed by atoms with Gasteiger partial charge in [0.15, 0.2) is 0 Å². The standard InChI is InChI=1S/C20H19N5O2/c26-18-3-2-16-9-14(10-23-20(16)24-18)1-4-19(27)25-7-5-15(6-8-25)17-11-21-13-22-12-17/h1,4-5,9-13H,2-3,6-8H2,(H,23,24,26)/b4-1+. The van der Waals surface area contributed by atoms with Crippen molar-refractivity contribution in [2.75, 3.05) is 18.4 Å². The molecular formula is C20H19N5O2. The smallest absolute Gasteiger partial charge is 0.246 e. The number of nitrogens with one attached hydrogen (secondary N) is 1. The molecule has 0 saturated carbocycles. The Bertz CT molecular complexity index is 937. The number of amides is 2. The van der Waals surface area contributed by atoms with E-state index in [9.17, 15) is 9.59 Å². The fourth-order valence-electron chi connectivity index (χ4n) is 3.24. The molecule has 2 aromatic heterocycles. The summed E-state index contributed by atoms with van der Waals surface area (Å²) in [6.07, 6.45) is 14.1. The van der Waals surface area contributed by atoms with Crippen molar-refractivity contribution < 1.29 is 9.59 Å². The largest absolute Gasteiger partial charge is 0.335 e. The van der Waals surface area contributed by atoms with Gasteiger partial charge in [0, 0.05) is 49.7 Å². The Hall–Kier alpha value is -3.35. The van der Waals surface area contributed by atoms with Gasteiger partial charge in [-0.25, -0.2) is 15.0 Å². The molecule has 136 valence electrons.